The third-order valence-electron chi connectivity index (χ3n) is 1.24. The molecule has 0 aliphatic rings. The highest BCUT2D eigenvalue weighted by Crippen LogP contribution is 2.10. The Labute approximate surface area is 68.7 Å². The standard InChI is InChI=1S/C7H9NO2S/c1-5(10)6-4-11-7(8-6)2-3-9/h4,9H,2-3H2,1H3. The van der Waals surface area contributed by atoms with Gasteiger partial charge in [0.25, 0.3) is 0 Å². The summed E-state index contributed by atoms with van der Waals surface area (Å²) in [4.78, 5) is 14.8. The van der Waals surface area contributed by atoms with Crippen LogP contribution in [0.2, 0.25) is 0 Å². The Balaban J connectivity index is 2.73. The van der Waals surface area contributed by atoms with E-state index in [1.807, 2.05) is 0 Å². The highest BCUT2D eigenvalue weighted by molar-refractivity contribution is 7.09. The summed E-state index contributed by atoms with van der Waals surface area (Å²) in [7, 11) is 0. The SMILES string of the molecule is CC(=O)c1csc(CCO)n1. The molecular weight excluding hydrogens is 162 g/mol. The average Bonchev–Trinajstić information content (AvgIpc) is 2.37. The minimum Gasteiger partial charge on any atom is -0.396 e. The monoisotopic (exact) mass is 171 g/mol. The van der Waals surface area contributed by atoms with Crippen LogP contribution in [0.15, 0.2) is 5.38 Å². The minimum atomic E-state index is -0.0227. The van der Waals surface area contributed by atoms with Gasteiger partial charge in [-0.1, -0.05) is 0 Å². The fourth-order valence-corrected chi connectivity index (χ4v) is 1.51. The summed E-state index contributed by atoms with van der Waals surface area (Å²) in [5.41, 5.74) is 0.499. The lowest BCUT2D eigenvalue weighted by molar-refractivity contribution is 0.101. The van der Waals surface area contributed by atoms with Crippen LogP contribution in [0.3, 0.4) is 0 Å². The number of aliphatic hydroxyl groups is 1. The highest BCUT2D eigenvalue weighted by atomic mass is 32.1. The second kappa shape index (κ2) is 3.59. The maximum absolute atomic E-state index is 10.7. The van der Waals surface area contributed by atoms with Gasteiger partial charge in [0, 0.05) is 25.3 Å². The summed E-state index contributed by atoms with van der Waals surface area (Å²) in [6.45, 7) is 1.57. The van der Waals surface area contributed by atoms with E-state index in [-0.39, 0.29) is 12.4 Å². The van der Waals surface area contributed by atoms with E-state index < -0.39 is 0 Å². The van der Waals surface area contributed by atoms with E-state index in [4.69, 9.17) is 5.11 Å². The van der Waals surface area contributed by atoms with Crippen molar-refractivity contribution in [1.29, 1.82) is 0 Å². The van der Waals surface area contributed by atoms with Crippen molar-refractivity contribution in [3.8, 4) is 0 Å². The van der Waals surface area contributed by atoms with Gasteiger partial charge in [0.2, 0.25) is 0 Å². The lowest BCUT2D eigenvalue weighted by Crippen LogP contribution is -1.94. The number of aliphatic hydroxyl groups excluding tert-OH is 1. The van der Waals surface area contributed by atoms with Crippen molar-refractivity contribution in [1.82, 2.24) is 4.98 Å². The molecule has 0 amide bonds. The maximum Gasteiger partial charge on any atom is 0.178 e. The number of rotatable bonds is 3. The van der Waals surface area contributed by atoms with E-state index in [1.54, 1.807) is 5.38 Å². The zero-order valence-electron chi connectivity index (χ0n) is 6.20. The van der Waals surface area contributed by atoms with Crippen molar-refractivity contribution in [2.24, 2.45) is 0 Å². The molecule has 1 rings (SSSR count). The zero-order chi connectivity index (χ0) is 8.27. The van der Waals surface area contributed by atoms with Gasteiger partial charge in [-0.2, -0.15) is 0 Å². The van der Waals surface area contributed by atoms with Gasteiger partial charge in [-0.05, 0) is 0 Å². The van der Waals surface area contributed by atoms with Crippen molar-refractivity contribution >= 4 is 17.1 Å². The van der Waals surface area contributed by atoms with Crippen LogP contribution in [-0.4, -0.2) is 22.5 Å². The molecule has 0 aliphatic heterocycles. The number of hydrogen-bond acceptors (Lipinski definition) is 4. The van der Waals surface area contributed by atoms with Gasteiger partial charge in [-0.15, -0.1) is 11.3 Å². The number of carbonyl (C=O) groups is 1. The van der Waals surface area contributed by atoms with Crippen molar-refractivity contribution in [3.63, 3.8) is 0 Å². The molecule has 0 fully saturated rings. The Morgan fingerprint density at radius 1 is 1.82 bits per heavy atom. The summed E-state index contributed by atoms with van der Waals surface area (Å²) in [5, 5.41) is 11.1. The molecule has 0 atom stereocenters. The molecule has 3 nitrogen and oxygen atoms in total. The number of carbonyl (C=O) groups excluding carboxylic acids is 1. The van der Waals surface area contributed by atoms with Crippen LogP contribution in [0.5, 0.6) is 0 Å². The van der Waals surface area contributed by atoms with Gasteiger partial charge in [0.05, 0.1) is 5.01 Å². The third-order valence-corrected chi connectivity index (χ3v) is 2.15. The molecule has 0 aliphatic carbocycles. The fraction of sp³-hybridized carbons (Fsp3) is 0.429. The van der Waals surface area contributed by atoms with Crippen molar-refractivity contribution < 1.29 is 9.90 Å². The van der Waals surface area contributed by atoms with Crippen LogP contribution in [0, 0.1) is 0 Å². The van der Waals surface area contributed by atoms with Gasteiger partial charge in [0.1, 0.15) is 5.69 Å². The molecule has 0 aromatic carbocycles. The molecule has 4 heteroatoms. The zero-order valence-corrected chi connectivity index (χ0v) is 7.02. The first-order valence-electron chi connectivity index (χ1n) is 3.30. The smallest absolute Gasteiger partial charge is 0.178 e. The maximum atomic E-state index is 10.7. The van der Waals surface area contributed by atoms with Crippen LogP contribution >= 0.6 is 11.3 Å². The Bertz CT molecular complexity index is 257. The van der Waals surface area contributed by atoms with E-state index in [0.717, 1.165) is 5.01 Å². The van der Waals surface area contributed by atoms with Crippen LogP contribution < -0.4 is 0 Å². The summed E-state index contributed by atoms with van der Waals surface area (Å²) >= 11 is 1.41. The minimum absolute atomic E-state index is 0.0227. The summed E-state index contributed by atoms with van der Waals surface area (Å²) < 4.78 is 0. The Morgan fingerprint density at radius 2 is 2.55 bits per heavy atom. The molecule has 0 spiro atoms. The van der Waals surface area contributed by atoms with Crippen LogP contribution in [0.25, 0.3) is 0 Å². The van der Waals surface area contributed by atoms with Gasteiger partial charge >= 0.3 is 0 Å². The lowest BCUT2D eigenvalue weighted by atomic mass is 10.3. The average molecular weight is 171 g/mol. The Hall–Kier alpha value is -0.740. The Kier molecular flexibility index (Phi) is 2.73. The first-order chi connectivity index (χ1) is 5.24. The van der Waals surface area contributed by atoms with Gasteiger partial charge in [0.15, 0.2) is 5.78 Å². The lowest BCUT2D eigenvalue weighted by Gasteiger charge is -1.86. The summed E-state index contributed by atoms with van der Waals surface area (Å²) in [6.07, 6.45) is 0.540. The number of aromatic nitrogens is 1. The number of ketones is 1. The number of nitrogens with zero attached hydrogens (tertiary/aromatic N) is 1. The molecule has 0 saturated heterocycles. The largest absolute Gasteiger partial charge is 0.396 e. The normalized spacial score (nSPS) is 10.0. The number of hydrogen-bond donors (Lipinski definition) is 1. The Morgan fingerprint density at radius 3 is 3.00 bits per heavy atom. The molecular formula is C7H9NO2S. The second-order valence-electron chi connectivity index (χ2n) is 2.16. The molecule has 60 valence electrons. The predicted molar refractivity (Wildman–Crippen MR) is 42.9 cm³/mol. The first-order valence-corrected chi connectivity index (χ1v) is 4.18. The molecule has 0 bridgehead atoms. The van der Waals surface area contributed by atoms with E-state index in [0.29, 0.717) is 12.1 Å². The molecule has 11 heavy (non-hydrogen) atoms. The van der Waals surface area contributed by atoms with Crippen LogP contribution in [0.4, 0.5) is 0 Å². The molecule has 1 heterocycles. The third kappa shape index (κ3) is 2.10. The number of thiazole rings is 1. The number of Topliss-reactive ketones (excluding diaryl/α,β-unsaturated/α-hetero) is 1. The van der Waals surface area contributed by atoms with E-state index in [1.165, 1.54) is 18.3 Å². The highest BCUT2D eigenvalue weighted by Gasteiger charge is 2.04. The van der Waals surface area contributed by atoms with Gasteiger partial charge in [-0.3, -0.25) is 4.79 Å². The van der Waals surface area contributed by atoms with Crippen molar-refractivity contribution in [2.45, 2.75) is 13.3 Å². The van der Waals surface area contributed by atoms with E-state index in [9.17, 15) is 4.79 Å². The van der Waals surface area contributed by atoms with E-state index >= 15 is 0 Å². The van der Waals surface area contributed by atoms with Gasteiger partial charge in [-0.25, -0.2) is 4.98 Å². The predicted octanol–water partition coefficient (Wildman–Crippen LogP) is 0.881. The topological polar surface area (TPSA) is 50.2 Å². The molecule has 1 aromatic heterocycles. The van der Waals surface area contributed by atoms with Crippen LogP contribution in [-0.2, 0) is 6.42 Å². The van der Waals surface area contributed by atoms with Gasteiger partial charge < -0.3 is 5.11 Å². The molecule has 1 N–H and O–H groups in total. The molecule has 0 unspecified atom stereocenters. The molecule has 0 saturated carbocycles. The molecule has 0 radical (unpaired) electrons. The van der Waals surface area contributed by atoms with Crippen molar-refractivity contribution in [3.05, 3.63) is 16.1 Å². The van der Waals surface area contributed by atoms with Crippen LogP contribution in [0.1, 0.15) is 22.4 Å². The molecule has 1 aromatic rings. The second-order valence-corrected chi connectivity index (χ2v) is 3.10. The van der Waals surface area contributed by atoms with Crippen molar-refractivity contribution in [2.75, 3.05) is 6.61 Å². The first kappa shape index (κ1) is 8.36. The summed E-state index contributed by atoms with van der Waals surface area (Å²) in [6, 6.07) is 0. The van der Waals surface area contributed by atoms with E-state index in [2.05, 4.69) is 4.98 Å². The summed E-state index contributed by atoms with van der Waals surface area (Å²) in [5.74, 6) is -0.0227. The fourth-order valence-electron chi connectivity index (χ4n) is 0.683. The quantitative estimate of drug-likeness (QED) is 0.687.